The minimum atomic E-state index is 0.0547. The summed E-state index contributed by atoms with van der Waals surface area (Å²) in [7, 11) is 0. The molecule has 0 saturated carbocycles. The van der Waals surface area contributed by atoms with Crippen molar-refractivity contribution in [1.29, 1.82) is 0 Å². The summed E-state index contributed by atoms with van der Waals surface area (Å²) in [6.07, 6.45) is 1.84. The highest BCUT2D eigenvalue weighted by atomic mass is 16.5. The number of ether oxygens (including phenoxy) is 2. The predicted molar refractivity (Wildman–Crippen MR) is 81.3 cm³/mol. The summed E-state index contributed by atoms with van der Waals surface area (Å²) >= 11 is 0. The summed E-state index contributed by atoms with van der Waals surface area (Å²) in [6.45, 7) is 2.94. The monoisotopic (exact) mass is 282 g/mol. The fraction of sp³-hybridized carbons (Fsp3) is 0.278. The minimum absolute atomic E-state index is 0.0547. The molecule has 1 heterocycles. The Morgan fingerprint density at radius 1 is 1.24 bits per heavy atom. The second-order valence-electron chi connectivity index (χ2n) is 5.22. The lowest BCUT2D eigenvalue weighted by atomic mass is 10.1. The Bertz CT molecular complexity index is 661. The third-order valence-corrected chi connectivity index (χ3v) is 3.65. The molecule has 0 aromatic heterocycles. The topological polar surface area (TPSA) is 35.5 Å². The van der Waals surface area contributed by atoms with E-state index >= 15 is 0 Å². The van der Waals surface area contributed by atoms with E-state index in [1.54, 1.807) is 19.1 Å². The van der Waals surface area contributed by atoms with E-state index < -0.39 is 0 Å². The van der Waals surface area contributed by atoms with Crippen LogP contribution in [0.25, 0.3) is 0 Å². The number of carbonyl (C=O) groups excluding carboxylic acids is 1. The van der Waals surface area contributed by atoms with Gasteiger partial charge in [0.2, 0.25) is 0 Å². The zero-order valence-electron chi connectivity index (χ0n) is 12.1. The van der Waals surface area contributed by atoms with Gasteiger partial charge in [0, 0.05) is 18.4 Å². The normalized spacial score (nSPS) is 12.6. The van der Waals surface area contributed by atoms with E-state index in [1.807, 2.05) is 18.2 Å². The van der Waals surface area contributed by atoms with Gasteiger partial charge in [-0.15, -0.1) is 0 Å². The highest BCUT2D eigenvalue weighted by Gasteiger charge is 2.11. The van der Waals surface area contributed by atoms with Gasteiger partial charge in [-0.1, -0.05) is 24.3 Å². The predicted octanol–water partition coefficient (Wildman–Crippen LogP) is 3.45. The lowest BCUT2D eigenvalue weighted by Gasteiger charge is -2.08. The molecule has 2 aromatic carbocycles. The van der Waals surface area contributed by atoms with Crippen molar-refractivity contribution in [1.82, 2.24) is 0 Å². The van der Waals surface area contributed by atoms with Gasteiger partial charge in [-0.25, -0.2) is 0 Å². The summed E-state index contributed by atoms with van der Waals surface area (Å²) in [4.78, 5) is 11.3. The average molecular weight is 282 g/mol. The molecule has 0 fully saturated rings. The van der Waals surface area contributed by atoms with Gasteiger partial charge in [0.15, 0.2) is 5.78 Å². The largest absolute Gasteiger partial charge is 0.493 e. The molecule has 0 saturated heterocycles. The van der Waals surface area contributed by atoms with E-state index in [9.17, 15) is 4.79 Å². The molecule has 3 rings (SSSR count). The lowest BCUT2D eigenvalue weighted by molar-refractivity contribution is 0.101. The molecule has 0 amide bonds. The van der Waals surface area contributed by atoms with Gasteiger partial charge in [0.1, 0.15) is 11.5 Å². The van der Waals surface area contributed by atoms with Gasteiger partial charge in [0.25, 0.3) is 0 Å². The van der Waals surface area contributed by atoms with E-state index in [1.165, 1.54) is 11.1 Å². The maximum atomic E-state index is 11.3. The molecule has 0 N–H and O–H groups in total. The number of fused-ring (bicyclic) bond motifs is 1. The summed E-state index contributed by atoms with van der Waals surface area (Å²) in [5.41, 5.74) is 3.22. The number of hydrogen-bond donors (Lipinski definition) is 0. The van der Waals surface area contributed by atoms with Crippen LogP contribution in [0, 0.1) is 0 Å². The van der Waals surface area contributed by atoms with Crippen LogP contribution in [-0.4, -0.2) is 19.0 Å². The van der Waals surface area contributed by atoms with Crippen LogP contribution in [0.1, 0.15) is 28.4 Å². The summed E-state index contributed by atoms with van der Waals surface area (Å²) in [6, 6.07) is 13.6. The van der Waals surface area contributed by atoms with Crippen molar-refractivity contribution in [3.05, 3.63) is 59.2 Å². The van der Waals surface area contributed by atoms with Crippen LogP contribution >= 0.6 is 0 Å². The van der Waals surface area contributed by atoms with Crippen LogP contribution in [-0.2, 0) is 12.8 Å². The Kier molecular flexibility index (Phi) is 3.91. The molecule has 0 aliphatic carbocycles. The van der Waals surface area contributed by atoms with Crippen molar-refractivity contribution < 1.29 is 14.3 Å². The van der Waals surface area contributed by atoms with Gasteiger partial charge >= 0.3 is 0 Å². The van der Waals surface area contributed by atoms with E-state index in [-0.39, 0.29) is 5.78 Å². The Morgan fingerprint density at radius 2 is 2.14 bits per heavy atom. The van der Waals surface area contributed by atoms with E-state index in [0.717, 1.165) is 30.9 Å². The van der Waals surface area contributed by atoms with Gasteiger partial charge in [-0.05, 0) is 36.2 Å². The first-order valence-electron chi connectivity index (χ1n) is 7.21. The molecule has 2 aromatic rings. The van der Waals surface area contributed by atoms with Crippen molar-refractivity contribution in [2.45, 2.75) is 19.8 Å². The first-order chi connectivity index (χ1) is 10.2. The van der Waals surface area contributed by atoms with Crippen molar-refractivity contribution in [3.8, 4) is 11.5 Å². The molecule has 1 aliphatic rings. The maximum absolute atomic E-state index is 11.3. The van der Waals surface area contributed by atoms with Crippen LogP contribution < -0.4 is 9.47 Å². The van der Waals surface area contributed by atoms with Crippen molar-refractivity contribution in [2.24, 2.45) is 0 Å². The second kappa shape index (κ2) is 6.00. The number of carbonyl (C=O) groups is 1. The van der Waals surface area contributed by atoms with Crippen LogP contribution in [0.5, 0.6) is 11.5 Å². The van der Waals surface area contributed by atoms with E-state index in [2.05, 4.69) is 12.1 Å². The molecular weight excluding hydrogens is 264 g/mol. The van der Waals surface area contributed by atoms with E-state index in [0.29, 0.717) is 12.2 Å². The fourth-order valence-electron chi connectivity index (χ4n) is 2.49. The maximum Gasteiger partial charge on any atom is 0.159 e. The second-order valence-corrected chi connectivity index (χ2v) is 5.22. The summed E-state index contributed by atoms with van der Waals surface area (Å²) in [5, 5.41) is 0. The zero-order valence-corrected chi connectivity index (χ0v) is 12.1. The Balaban J connectivity index is 1.59. The molecule has 108 valence electrons. The van der Waals surface area contributed by atoms with Crippen LogP contribution in [0.2, 0.25) is 0 Å². The van der Waals surface area contributed by atoms with Crippen molar-refractivity contribution >= 4 is 5.78 Å². The molecule has 0 atom stereocenters. The Morgan fingerprint density at radius 3 is 3.00 bits per heavy atom. The molecule has 3 nitrogen and oxygen atoms in total. The number of benzene rings is 2. The molecule has 0 unspecified atom stereocenters. The van der Waals surface area contributed by atoms with Crippen LogP contribution in [0.15, 0.2) is 42.5 Å². The molecule has 0 spiro atoms. The number of hydrogen-bond acceptors (Lipinski definition) is 3. The third kappa shape index (κ3) is 3.24. The number of rotatable bonds is 5. The zero-order chi connectivity index (χ0) is 14.7. The Labute approximate surface area is 124 Å². The standard InChI is InChI=1S/C18H18O3/c1-13(19)15-3-2-4-17(12-15)20-9-7-14-5-6-18-16(11-14)8-10-21-18/h2-6,11-12H,7-10H2,1H3. The molecule has 21 heavy (non-hydrogen) atoms. The van der Waals surface area contributed by atoms with Gasteiger partial charge in [-0.3, -0.25) is 4.79 Å². The first kappa shape index (κ1) is 13.7. The third-order valence-electron chi connectivity index (χ3n) is 3.65. The van der Waals surface area contributed by atoms with E-state index in [4.69, 9.17) is 9.47 Å². The van der Waals surface area contributed by atoms with Gasteiger partial charge in [0.05, 0.1) is 13.2 Å². The molecule has 0 radical (unpaired) electrons. The average Bonchev–Trinajstić information content (AvgIpc) is 2.95. The van der Waals surface area contributed by atoms with Gasteiger partial charge in [-0.2, -0.15) is 0 Å². The summed E-state index contributed by atoms with van der Waals surface area (Å²) in [5.74, 6) is 1.81. The molecule has 3 heteroatoms. The van der Waals surface area contributed by atoms with Crippen molar-refractivity contribution in [3.63, 3.8) is 0 Å². The smallest absolute Gasteiger partial charge is 0.159 e. The number of Topliss-reactive ketones (excluding diaryl/α,β-unsaturated/α-hetero) is 1. The summed E-state index contributed by atoms with van der Waals surface area (Å²) < 4.78 is 11.2. The molecular formula is C18H18O3. The molecule has 1 aliphatic heterocycles. The molecule has 0 bridgehead atoms. The fourth-order valence-corrected chi connectivity index (χ4v) is 2.49. The Hall–Kier alpha value is -2.29. The van der Waals surface area contributed by atoms with Crippen LogP contribution in [0.3, 0.4) is 0 Å². The van der Waals surface area contributed by atoms with Gasteiger partial charge < -0.3 is 9.47 Å². The minimum Gasteiger partial charge on any atom is -0.493 e. The number of ketones is 1. The van der Waals surface area contributed by atoms with Crippen LogP contribution in [0.4, 0.5) is 0 Å². The highest BCUT2D eigenvalue weighted by molar-refractivity contribution is 5.94. The lowest BCUT2D eigenvalue weighted by Crippen LogP contribution is -2.02. The van der Waals surface area contributed by atoms with Crippen molar-refractivity contribution in [2.75, 3.05) is 13.2 Å². The SMILES string of the molecule is CC(=O)c1cccc(OCCc2ccc3c(c2)CCO3)c1. The first-order valence-corrected chi connectivity index (χ1v) is 7.21. The quantitative estimate of drug-likeness (QED) is 0.788. The highest BCUT2D eigenvalue weighted by Crippen LogP contribution is 2.26.